The van der Waals surface area contributed by atoms with E-state index >= 15 is 0 Å². The summed E-state index contributed by atoms with van der Waals surface area (Å²) in [5.41, 5.74) is 3.46. The predicted molar refractivity (Wildman–Crippen MR) is 76.7 cm³/mol. The van der Waals surface area contributed by atoms with E-state index in [4.69, 9.17) is 0 Å². The van der Waals surface area contributed by atoms with E-state index < -0.39 is 5.60 Å². The molecule has 2 aromatic rings. The maximum Gasteiger partial charge on any atom is 0.0840 e. The first-order valence-corrected chi connectivity index (χ1v) is 6.12. The lowest BCUT2D eigenvalue weighted by Gasteiger charge is -2.18. The summed E-state index contributed by atoms with van der Waals surface area (Å²) in [7, 11) is 1.91. The zero-order valence-corrected chi connectivity index (χ0v) is 11.1. The molecule has 2 nitrogen and oxygen atoms in total. The van der Waals surface area contributed by atoms with Crippen LogP contribution in [-0.4, -0.2) is 12.2 Å². The lowest BCUT2D eigenvalue weighted by atomic mass is 9.94. The lowest BCUT2D eigenvalue weighted by molar-refractivity contribution is 0.0786. The first-order chi connectivity index (χ1) is 8.50. The molecule has 0 radical (unpaired) electrons. The summed E-state index contributed by atoms with van der Waals surface area (Å²) in [6.45, 7) is 3.60. The molecule has 2 rings (SSSR count). The van der Waals surface area contributed by atoms with E-state index in [2.05, 4.69) is 23.5 Å². The van der Waals surface area contributed by atoms with Crippen LogP contribution in [0.2, 0.25) is 0 Å². The molecule has 0 aromatic heterocycles. The molecule has 0 amide bonds. The Morgan fingerprint density at radius 2 is 1.56 bits per heavy atom. The van der Waals surface area contributed by atoms with Gasteiger partial charge in [0.15, 0.2) is 0 Å². The maximum absolute atomic E-state index is 10.0. The van der Waals surface area contributed by atoms with Crippen LogP contribution in [0.25, 0.3) is 11.1 Å². The Hall–Kier alpha value is -1.80. The molecule has 2 N–H and O–H groups in total. The van der Waals surface area contributed by atoms with Crippen LogP contribution in [0.4, 0.5) is 5.69 Å². The van der Waals surface area contributed by atoms with Gasteiger partial charge in [-0.25, -0.2) is 0 Å². The van der Waals surface area contributed by atoms with Gasteiger partial charge in [-0.1, -0.05) is 30.3 Å². The molecule has 2 aromatic carbocycles. The number of anilines is 1. The normalized spacial score (nSPS) is 11.3. The number of hydrogen-bond donors (Lipinski definition) is 2. The molecule has 18 heavy (non-hydrogen) atoms. The zero-order chi connectivity index (χ0) is 13.2. The van der Waals surface area contributed by atoms with Gasteiger partial charge >= 0.3 is 0 Å². The van der Waals surface area contributed by atoms with E-state index in [-0.39, 0.29) is 0 Å². The minimum absolute atomic E-state index is 0.809. The predicted octanol–water partition coefficient (Wildman–Crippen LogP) is 3.62. The smallest absolute Gasteiger partial charge is 0.0840 e. The van der Waals surface area contributed by atoms with Crippen molar-refractivity contribution in [3.63, 3.8) is 0 Å². The quantitative estimate of drug-likeness (QED) is 0.860. The molecule has 0 unspecified atom stereocenters. The highest BCUT2D eigenvalue weighted by Crippen LogP contribution is 2.27. The second-order valence-electron chi connectivity index (χ2n) is 4.97. The topological polar surface area (TPSA) is 32.3 Å². The first kappa shape index (κ1) is 12.7. The highest BCUT2D eigenvalue weighted by molar-refractivity contribution is 5.68. The van der Waals surface area contributed by atoms with Gasteiger partial charge in [0.2, 0.25) is 0 Å². The van der Waals surface area contributed by atoms with Gasteiger partial charge in [0.05, 0.1) is 5.60 Å². The second kappa shape index (κ2) is 4.83. The van der Waals surface area contributed by atoms with Crippen molar-refractivity contribution in [1.82, 2.24) is 0 Å². The molecular formula is C16H19NO. The Morgan fingerprint density at radius 1 is 0.944 bits per heavy atom. The Balaban J connectivity index is 2.44. The van der Waals surface area contributed by atoms with Crippen LogP contribution in [0.3, 0.4) is 0 Å². The highest BCUT2D eigenvalue weighted by Gasteiger charge is 2.16. The standard InChI is InChI=1S/C16H19NO/c1-16(2,18)14-8-4-6-12(10-14)13-7-5-9-15(11-13)17-3/h4-11,17-18H,1-3H3. The molecule has 0 saturated heterocycles. The van der Waals surface area contributed by atoms with Gasteiger partial charge in [-0.05, 0) is 48.7 Å². The minimum Gasteiger partial charge on any atom is -0.388 e. The minimum atomic E-state index is -0.809. The highest BCUT2D eigenvalue weighted by atomic mass is 16.3. The van der Waals surface area contributed by atoms with Crippen LogP contribution in [0.15, 0.2) is 48.5 Å². The van der Waals surface area contributed by atoms with Crippen molar-refractivity contribution in [2.45, 2.75) is 19.4 Å². The number of nitrogens with one attached hydrogen (secondary N) is 1. The molecule has 0 fully saturated rings. The fourth-order valence-electron chi connectivity index (χ4n) is 1.93. The van der Waals surface area contributed by atoms with Crippen LogP contribution in [0.5, 0.6) is 0 Å². The Kier molecular flexibility index (Phi) is 3.39. The van der Waals surface area contributed by atoms with Crippen LogP contribution in [0.1, 0.15) is 19.4 Å². The van der Waals surface area contributed by atoms with Gasteiger partial charge in [0.1, 0.15) is 0 Å². The van der Waals surface area contributed by atoms with Gasteiger partial charge in [-0.15, -0.1) is 0 Å². The van der Waals surface area contributed by atoms with Gasteiger partial charge in [-0.3, -0.25) is 0 Å². The number of rotatable bonds is 3. The first-order valence-electron chi connectivity index (χ1n) is 6.12. The van der Waals surface area contributed by atoms with Crippen molar-refractivity contribution < 1.29 is 5.11 Å². The van der Waals surface area contributed by atoms with E-state index in [1.54, 1.807) is 13.8 Å². The average molecular weight is 241 g/mol. The number of aliphatic hydroxyl groups is 1. The molecule has 0 bridgehead atoms. The van der Waals surface area contributed by atoms with E-state index in [1.807, 2.05) is 37.4 Å². The molecular weight excluding hydrogens is 222 g/mol. The van der Waals surface area contributed by atoms with E-state index in [0.29, 0.717) is 0 Å². The molecule has 0 heterocycles. The van der Waals surface area contributed by atoms with Crippen LogP contribution in [-0.2, 0) is 5.60 Å². The van der Waals surface area contributed by atoms with Crippen LogP contribution in [0, 0.1) is 0 Å². The molecule has 0 saturated carbocycles. The van der Waals surface area contributed by atoms with Crippen molar-refractivity contribution in [2.75, 3.05) is 12.4 Å². The van der Waals surface area contributed by atoms with Gasteiger partial charge in [0.25, 0.3) is 0 Å². The third-order valence-corrected chi connectivity index (χ3v) is 3.05. The van der Waals surface area contributed by atoms with Crippen molar-refractivity contribution in [2.24, 2.45) is 0 Å². The third kappa shape index (κ3) is 2.71. The second-order valence-corrected chi connectivity index (χ2v) is 4.97. The van der Waals surface area contributed by atoms with Crippen molar-refractivity contribution in [3.8, 4) is 11.1 Å². The summed E-state index contributed by atoms with van der Waals surface area (Å²) < 4.78 is 0. The Labute approximate surface area is 108 Å². The zero-order valence-electron chi connectivity index (χ0n) is 11.1. The van der Waals surface area contributed by atoms with E-state index in [1.165, 1.54) is 0 Å². The maximum atomic E-state index is 10.0. The summed E-state index contributed by atoms with van der Waals surface area (Å²) in [6.07, 6.45) is 0. The molecule has 0 aliphatic heterocycles. The summed E-state index contributed by atoms with van der Waals surface area (Å²) in [5.74, 6) is 0. The summed E-state index contributed by atoms with van der Waals surface area (Å²) in [5, 5.41) is 13.2. The van der Waals surface area contributed by atoms with E-state index in [9.17, 15) is 5.11 Å². The van der Waals surface area contributed by atoms with Crippen LogP contribution >= 0.6 is 0 Å². The molecule has 0 spiro atoms. The molecule has 94 valence electrons. The lowest BCUT2D eigenvalue weighted by Crippen LogP contribution is -2.15. The third-order valence-electron chi connectivity index (χ3n) is 3.05. The molecule has 0 aliphatic rings. The van der Waals surface area contributed by atoms with Gasteiger partial charge in [0, 0.05) is 12.7 Å². The molecule has 0 atom stereocenters. The average Bonchev–Trinajstić information content (AvgIpc) is 2.38. The van der Waals surface area contributed by atoms with Crippen molar-refractivity contribution >= 4 is 5.69 Å². The van der Waals surface area contributed by atoms with Gasteiger partial charge < -0.3 is 10.4 Å². The number of benzene rings is 2. The largest absolute Gasteiger partial charge is 0.388 e. The van der Waals surface area contributed by atoms with Crippen LogP contribution < -0.4 is 5.32 Å². The number of hydrogen-bond acceptors (Lipinski definition) is 2. The molecule has 2 heteroatoms. The summed E-state index contributed by atoms with van der Waals surface area (Å²) in [6, 6.07) is 16.3. The van der Waals surface area contributed by atoms with E-state index in [0.717, 1.165) is 22.4 Å². The monoisotopic (exact) mass is 241 g/mol. The molecule has 0 aliphatic carbocycles. The fourth-order valence-corrected chi connectivity index (χ4v) is 1.93. The fraction of sp³-hybridized carbons (Fsp3) is 0.250. The van der Waals surface area contributed by atoms with Gasteiger partial charge in [-0.2, -0.15) is 0 Å². The Morgan fingerprint density at radius 3 is 2.17 bits per heavy atom. The summed E-state index contributed by atoms with van der Waals surface area (Å²) in [4.78, 5) is 0. The van der Waals surface area contributed by atoms with Crippen molar-refractivity contribution in [1.29, 1.82) is 0 Å². The SMILES string of the molecule is CNc1cccc(-c2cccc(C(C)(C)O)c2)c1. The Bertz CT molecular complexity index is 541. The summed E-state index contributed by atoms with van der Waals surface area (Å²) >= 11 is 0. The van der Waals surface area contributed by atoms with Crippen molar-refractivity contribution in [3.05, 3.63) is 54.1 Å².